The van der Waals surface area contributed by atoms with Gasteiger partial charge in [0.05, 0.1) is 34.2 Å². The summed E-state index contributed by atoms with van der Waals surface area (Å²) in [5.74, 6) is 2.04. The molecule has 25 aromatic rings. The van der Waals surface area contributed by atoms with E-state index in [0.717, 1.165) is 189 Å². The summed E-state index contributed by atoms with van der Waals surface area (Å²) in [7, 11) is 0. The zero-order chi connectivity index (χ0) is 89.8. The van der Waals surface area contributed by atoms with E-state index in [1.165, 1.54) is 38.9 Å². The standard InChI is InChI=1S/C46H30N2O.2C40H26N2O/c1-4-13-31(14-5-1)34-19-12-20-35(25-34)38-26-37(32-15-6-2-7-16-32)27-39(28-38)46-47-42(33-17-8-3-9-18-33)30-43(48-46)36-23-24-41-40-21-10-11-22-44(40)49-45(41)29-36;1-3-10-27(11-4-1)31-14-9-15-32(24-31)28-18-20-30(21-19-28)40-41-36(29-12-5-2-6-13-29)26-37(42-40)33-22-23-35-34-16-7-8-17-38(34)43-39(35)25-33;1-3-10-27(11-4-1)28-18-20-29(21-19-28)31-14-9-15-33(24-31)40-41-36(30-12-5-2-6-13-30)26-37(42-40)32-22-23-35-34-16-7-8-17-38(34)43-39(35)25-32/h1-30H;2*1-26H. The van der Waals surface area contributed by atoms with Crippen LogP contribution in [0.25, 0.3) is 245 Å². The summed E-state index contributed by atoms with van der Waals surface area (Å²) >= 11 is 0. The van der Waals surface area contributed by atoms with Crippen molar-refractivity contribution in [2.24, 2.45) is 0 Å². The monoisotopic (exact) mass is 1730 g/mol. The molecule has 0 aliphatic carbocycles. The molecule has 0 fully saturated rings. The predicted octanol–water partition coefficient (Wildman–Crippen LogP) is 33.8. The fourth-order valence-corrected chi connectivity index (χ4v) is 18.0. The van der Waals surface area contributed by atoms with E-state index in [-0.39, 0.29) is 0 Å². The highest BCUT2D eigenvalue weighted by atomic mass is 16.3. The molecule has 0 bridgehead atoms. The second-order valence-electron chi connectivity index (χ2n) is 33.6. The first-order valence-electron chi connectivity index (χ1n) is 45.3. The van der Waals surface area contributed by atoms with Crippen molar-refractivity contribution in [2.75, 3.05) is 0 Å². The second kappa shape index (κ2) is 36.4. The molecule has 0 radical (unpaired) electrons. The SMILES string of the molecule is c1ccc(-c2ccc(-c3cccc(-c4nc(-c5ccccc5)cc(-c5ccc6c(c5)oc5ccccc56)n4)c3)cc2)cc1.c1ccc(-c2cccc(-c3cc(-c4ccccc4)cc(-c4nc(-c5ccccc5)cc(-c5ccc6c(c5)oc5ccccc56)n4)c3)c2)cc1.c1ccc(-c2cccc(-c3ccc(-c4nc(-c5ccccc5)cc(-c5ccc6c(c5)oc5ccccc56)n4)cc3)c2)cc1. The van der Waals surface area contributed by atoms with E-state index in [1.54, 1.807) is 0 Å². The third-order valence-corrected chi connectivity index (χ3v) is 24.9. The maximum Gasteiger partial charge on any atom is 0.160 e. The molecule has 0 N–H and O–H groups in total. The van der Waals surface area contributed by atoms with E-state index < -0.39 is 0 Å². The summed E-state index contributed by atoms with van der Waals surface area (Å²) in [6, 6.07) is 172. The number of nitrogens with zero attached hydrogens (tertiary/aromatic N) is 6. The summed E-state index contributed by atoms with van der Waals surface area (Å²) in [5.41, 5.74) is 35.6. The Morgan fingerprint density at radius 3 is 0.637 bits per heavy atom. The van der Waals surface area contributed by atoms with Crippen molar-refractivity contribution in [2.45, 2.75) is 0 Å². The molecule has 0 atom stereocenters. The highest BCUT2D eigenvalue weighted by Crippen LogP contribution is 2.42. The minimum Gasteiger partial charge on any atom is -0.456 e. The Hall–Kier alpha value is -18.2. The molecule has 634 valence electrons. The quantitative estimate of drug-likeness (QED) is 0.0932. The van der Waals surface area contributed by atoms with Gasteiger partial charge in [-0.15, -0.1) is 0 Å². The van der Waals surface area contributed by atoms with Gasteiger partial charge >= 0.3 is 0 Å². The summed E-state index contributed by atoms with van der Waals surface area (Å²) < 4.78 is 18.7. The molecule has 0 saturated carbocycles. The number of para-hydroxylation sites is 3. The van der Waals surface area contributed by atoms with Crippen molar-refractivity contribution in [1.29, 1.82) is 0 Å². The topological polar surface area (TPSA) is 117 Å². The Morgan fingerprint density at radius 1 is 0.104 bits per heavy atom. The normalized spacial score (nSPS) is 11.3. The van der Waals surface area contributed by atoms with Crippen LogP contribution in [0.2, 0.25) is 0 Å². The molecule has 0 spiro atoms. The number of rotatable bonds is 16. The Balaban J connectivity index is 0.000000114. The Kier molecular flexibility index (Phi) is 21.9. The van der Waals surface area contributed by atoms with E-state index in [4.69, 9.17) is 43.2 Å². The van der Waals surface area contributed by atoms with E-state index in [1.807, 2.05) is 121 Å². The Morgan fingerprint density at radius 2 is 0.296 bits per heavy atom. The Labute approximate surface area is 780 Å². The smallest absolute Gasteiger partial charge is 0.160 e. The number of aromatic nitrogens is 6. The molecule has 0 amide bonds. The molecular formula is C126H82N6O3. The molecule has 9 nitrogen and oxygen atoms in total. The van der Waals surface area contributed by atoms with Crippen LogP contribution in [0.3, 0.4) is 0 Å². The van der Waals surface area contributed by atoms with Gasteiger partial charge in [0, 0.05) is 82.4 Å². The van der Waals surface area contributed by atoms with Gasteiger partial charge in [-0.25, -0.2) is 29.9 Å². The van der Waals surface area contributed by atoms with Gasteiger partial charge in [-0.2, -0.15) is 0 Å². The van der Waals surface area contributed by atoms with Gasteiger partial charge in [0.1, 0.15) is 33.5 Å². The van der Waals surface area contributed by atoms with Gasteiger partial charge in [-0.05, 0) is 187 Å². The lowest BCUT2D eigenvalue weighted by atomic mass is 9.94. The highest BCUT2D eigenvalue weighted by molar-refractivity contribution is 6.08. The molecule has 9 heteroatoms. The molecule has 6 heterocycles. The minimum absolute atomic E-state index is 0.666. The zero-order valence-electron chi connectivity index (χ0n) is 73.3. The largest absolute Gasteiger partial charge is 0.456 e. The van der Waals surface area contributed by atoms with Crippen molar-refractivity contribution >= 4 is 65.8 Å². The lowest BCUT2D eigenvalue weighted by Crippen LogP contribution is -1.97. The zero-order valence-corrected chi connectivity index (χ0v) is 73.3. The third kappa shape index (κ3) is 17.1. The van der Waals surface area contributed by atoms with Crippen LogP contribution in [0.5, 0.6) is 0 Å². The van der Waals surface area contributed by atoms with Crippen LogP contribution in [-0.4, -0.2) is 29.9 Å². The first-order chi connectivity index (χ1) is 66.8. The summed E-state index contributed by atoms with van der Waals surface area (Å²) in [4.78, 5) is 30.7. The van der Waals surface area contributed by atoms with Crippen LogP contribution in [0.15, 0.2) is 511 Å². The van der Waals surface area contributed by atoms with Crippen LogP contribution in [0, 0.1) is 0 Å². The molecule has 6 aromatic heterocycles. The molecule has 135 heavy (non-hydrogen) atoms. The van der Waals surface area contributed by atoms with E-state index in [0.29, 0.717) is 17.5 Å². The van der Waals surface area contributed by atoms with E-state index in [2.05, 4.69) is 376 Å². The summed E-state index contributed by atoms with van der Waals surface area (Å²) in [6.07, 6.45) is 0. The van der Waals surface area contributed by atoms with Crippen LogP contribution in [0.4, 0.5) is 0 Å². The summed E-state index contributed by atoms with van der Waals surface area (Å²) in [6.45, 7) is 0. The van der Waals surface area contributed by atoms with Crippen molar-refractivity contribution in [1.82, 2.24) is 29.9 Å². The maximum absolute atomic E-state index is 6.27. The van der Waals surface area contributed by atoms with Crippen molar-refractivity contribution in [3.05, 3.63) is 497 Å². The lowest BCUT2D eigenvalue weighted by Gasteiger charge is -2.13. The van der Waals surface area contributed by atoms with Crippen LogP contribution >= 0.6 is 0 Å². The number of benzene rings is 19. The van der Waals surface area contributed by atoms with Gasteiger partial charge in [0.25, 0.3) is 0 Å². The van der Waals surface area contributed by atoms with E-state index in [9.17, 15) is 0 Å². The van der Waals surface area contributed by atoms with Gasteiger partial charge in [-0.3, -0.25) is 0 Å². The van der Waals surface area contributed by atoms with Gasteiger partial charge in [0.15, 0.2) is 17.5 Å². The first-order valence-corrected chi connectivity index (χ1v) is 45.3. The number of fused-ring (bicyclic) bond motifs is 9. The molecule has 19 aromatic carbocycles. The molecule has 0 aliphatic heterocycles. The third-order valence-electron chi connectivity index (χ3n) is 24.9. The lowest BCUT2D eigenvalue weighted by molar-refractivity contribution is 0.668. The average molecular weight is 1730 g/mol. The molecule has 25 rings (SSSR count). The average Bonchev–Trinajstić information content (AvgIpc) is 1.65. The highest BCUT2D eigenvalue weighted by Gasteiger charge is 2.21. The van der Waals surface area contributed by atoms with Gasteiger partial charge in [0.2, 0.25) is 0 Å². The number of hydrogen-bond acceptors (Lipinski definition) is 9. The van der Waals surface area contributed by atoms with Crippen LogP contribution in [0.1, 0.15) is 0 Å². The second-order valence-corrected chi connectivity index (χ2v) is 33.6. The van der Waals surface area contributed by atoms with Crippen molar-refractivity contribution in [3.8, 4) is 180 Å². The van der Waals surface area contributed by atoms with Crippen LogP contribution in [-0.2, 0) is 0 Å². The molecular weight excluding hydrogens is 1650 g/mol. The minimum atomic E-state index is 0.666. The van der Waals surface area contributed by atoms with Crippen LogP contribution < -0.4 is 0 Å². The molecule has 0 aliphatic rings. The van der Waals surface area contributed by atoms with Crippen molar-refractivity contribution in [3.63, 3.8) is 0 Å². The fraction of sp³-hybridized carbons (Fsp3) is 0. The Bertz CT molecular complexity index is 8630. The van der Waals surface area contributed by atoms with Gasteiger partial charge in [-0.1, -0.05) is 388 Å². The fourth-order valence-electron chi connectivity index (χ4n) is 18.0. The summed E-state index contributed by atoms with van der Waals surface area (Å²) in [5, 5.41) is 6.64. The first kappa shape index (κ1) is 81.3. The number of furan rings is 3. The molecule has 0 unspecified atom stereocenters. The van der Waals surface area contributed by atoms with Gasteiger partial charge < -0.3 is 13.3 Å². The maximum atomic E-state index is 6.27. The number of hydrogen-bond donors (Lipinski definition) is 0. The molecule has 0 saturated heterocycles. The van der Waals surface area contributed by atoms with Crippen molar-refractivity contribution < 1.29 is 13.3 Å². The predicted molar refractivity (Wildman–Crippen MR) is 555 cm³/mol. The van der Waals surface area contributed by atoms with E-state index >= 15 is 0 Å².